The normalized spacial score (nSPS) is 26.2. The topological polar surface area (TPSA) is 61.8 Å². The highest BCUT2D eigenvalue weighted by Gasteiger charge is 2.23. The molecule has 0 aliphatic carbocycles. The molecular formula is C12H25N3O2S. The predicted molar refractivity (Wildman–Crippen MR) is 75.6 cm³/mol. The Bertz CT molecular complexity index is 382. The lowest BCUT2D eigenvalue weighted by atomic mass is 9.92. The maximum atomic E-state index is 11.1. The highest BCUT2D eigenvalue weighted by atomic mass is 32.2. The van der Waals surface area contributed by atoms with E-state index < -0.39 is 9.84 Å². The number of rotatable bonds is 3. The Kier molecular flexibility index (Phi) is 5.44. The summed E-state index contributed by atoms with van der Waals surface area (Å²) in [5.74, 6) is 2.27. The van der Waals surface area contributed by atoms with Gasteiger partial charge in [0.2, 0.25) is 0 Å². The lowest BCUT2D eigenvalue weighted by Crippen LogP contribution is -2.49. The Balaban J connectivity index is 2.51. The number of nitrogens with one attached hydrogen (secondary N) is 1. The third kappa shape index (κ3) is 5.25. The van der Waals surface area contributed by atoms with Crippen molar-refractivity contribution in [2.45, 2.75) is 20.3 Å². The van der Waals surface area contributed by atoms with Gasteiger partial charge in [0, 0.05) is 32.9 Å². The molecule has 1 aliphatic rings. The van der Waals surface area contributed by atoms with Crippen molar-refractivity contribution in [1.29, 1.82) is 0 Å². The van der Waals surface area contributed by atoms with E-state index in [4.69, 9.17) is 0 Å². The predicted octanol–water partition coefficient (Wildman–Crippen LogP) is 0.584. The molecule has 1 aliphatic heterocycles. The van der Waals surface area contributed by atoms with Gasteiger partial charge >= 0.3 is 0 Å². The maximum Gasteiger partial charge on any atom is 0.193 e. The molecule has 0 amide bonds. The molecule has 1 N–H and O–H groups in total. The van der Waals surface area contributed by atoms with E-state index >= 15 is 0 Å². The molecule has 0 saturated carbocycles. The number of nitrogens with zero attached hydrogens (tertiary/aromatic N) is 2. The van der Waals surface area contributed by atoms with Gasteiger partial charge < -0.3 is 10.2 Å². The molecule has 1 saturated heterocycles. The summed E-state index contributed by atoms with van der Waals surface area (Å²) < 4.78 is 22.2. The van der Waals surface area contributed by atoms with E-state index in [1.54, 1.807) is 7.05 Å². The summed E-state index contributed by atoms with van der Waals surface area (Å²) in [6.45, 7) is 6.88. The Morgan fingerprint density at radius 1 is 1.33 bits per heavy atom. The molecule has 2 unspecified atom stereocenters. The molecule has 1 fully saturated rings. The smallest absolute Gasteiger partial charge is 0.193 e. The first-order valence-electron chi connectivity index (χ1n) is 6.45. The number of hydrogen-bond acceptors (Lipinski definition) is 3. The molecule has 0 spiro atoms. The molecule has 1 heterocycles. The van der Waals surface area contributed by atoms with E-state index in [-0.39, 0.29) is 5.75 Å². The zero-order valence-electron chi connectivity index (χ0n) is 11.8. The number of piperidine rings is 1. The molecule has 0 bridgehead atoms. The molecule has 1 rings (SSSR count). The first kappa shape index (κ1) is 15.3. The minimum absolute atomic E-state index is 0.144. The van der Waals surface area contributed by atoms with Crippen LogP contribution in [0.5, 0.6) is 0 Å². The van der Waals surface area contributed by atoms with Crippen molar-refractivity contribution in [2.24, 2.45) is 16.8 Å². The maximum absolute atomic E-state index is 11.1. The summed E-state index contributed by atoms with van der Waals surface area (Å²) in [6, 6.07) is 0. The second-order valence-corrected chi connectivity index (χ2v) is 7.71. The number of hydrogen-bond donors (Lipinski definition) is 1. The van der Waals surface area contributed by atoms with Crippen molar-refractivity contribution in [3.05, 3.63) is 0 Å². The van der Waals surface area contributed by atoms with Crippen LogP contribution in [0.4, 0.5) is 0 Å². The van der Waals surface area contributed by atoms with Crippen molar-refractivity contribution in [3.63, 3.8) is 0 Å². The molecule has 0 aromatic rings. The zero-order chi connectivity index (χ0) is 13.8. The van der Waals surface area contributed by atoms with Crippen LogP contribution in [0, 0.1) is 11.8 Å². The number of sulfone groups is 1. The van der Waals surface area contributed by atoms with Gasteiger partial charge in [-0.3, -0.25) is 4.99 Å². The molecule has 0 radical (unpaired) electrons. The minimum Gasteiger partial charge on any atom is -0.355 e. The van der Waals surface area contributed by atoms with E-state index in [1.165, 1.54) is 12.7 Å². The van der Waals surface area contributed by atoms with Gasteiger partial charge in [-0.05, 0) is 18.3 Å². The van der Waals surface area contributed by atoms with Crippen LogP contribution in [-0.2, 0) is 9.84 Å². The van der Waals surface area contributed by atoms with E-state index in [0.717, 1.165) is 19.0 Å². The average Bonchev–Trinajstić information content (AvgIpc) is 2.21. The molecule has 0 aromatic carbocycles. The highest BCUT2D eigenvalue weighted by molar-refractivity contribution is 7.90. The largest absolute Gasteiger partial charge is 0.355 e. The number of likely N-dealkylation sites (tertiary alicyclic amines) is 1. The van der Waals surface area contributed by atoms with Gasteiger partial charge in [-0.15, -0.1) is 0 Å². The van der Waals surface area contributed by atoms with Gasteiger partial charge in [0.1, 0.15) is 9.84 Å². The van der Waals surface area contributed by atoms with E-state index in [2.05, 4.69) is 29.1 Å². The van der Waals surface area contributed by atoms with Crippen LogP contribution < -0.4 is 5.32 Å². The van der Waals surface area contributed by atoms with Gasteiger partial charge in [0.25, 0.3) is 0 Å². The van der Waals surface area contributed by atoms with Gasteiger partial charge in [0.05, 0.1) is 5.75 Å². The summed E-state index contributed by atoms with van der Waals surface area (Å²) in [4.78, 5) is 6.46. The molecule has 18 heavy (non-hydrogen) atoms. The van der Waals surface area contributed by atoms with Gasteiger partial charge in [0.15, 0.2) is 5.96 Å². The Morgan fingerprint density at radius 2 is 1.89 bits per heavy atom. The zero-order valence-corrected chi connectivity index (χ0v) is 12.6. The SMILES string of the molecule is CN=C(NCCS(C)(=O)=O)N1CC(C)CC(C)C1. The minimum atomic E-state index is -2.92. The Hall–Kier alpha value is -0.780. The summed E-state index contributed by atoms with van der Waals surface area (Å²) >= 11 is 0. The molecular weight excluding hydrogens is 250 g/mol. The summed E-state index contributed by atoms with van der Waals surface area (Å²) in [5.41, 5.74) is 0. The fraction of sp³-hybridized carbons (Fsp3) is 0.917. The van der Waals surface area contributed by atoms with Crippen LogP contribution >= 0.6 is 0 Å². The van der Waals surface area contributed by atoms with E-state index in [9.17, 15) is 8.42 Å². The van der Waals surface area contributed by atoms with Crippen LogP contribution in [0.15, 0.2) is 4.99 Å². The van der Waals surface area contributed by atoms with Gasteiger partial charge in [-0.1, -0.05) is 13.8 Å². The number of guanidine groups is 1. The number of aliphatic imine (C=N–C) groups is 1. The summed E-state index contributed by atoms with van der Waals surface area (Å²) in [6.07, 6.45) is 2.50. The lowest BCUT2D eigenvalue weighted by molar-refractivity contribution is 0.209. The first-order valence-corrected chi connectivity index (χ1v) is 8.51. The van der Waals surface area contributed by atoms with Crippen molar-refractivity contribution >= 4 is 15.8 Å². The van der Waals surface area contributed by atoms with Crippen LogP contribution in [0.3, 0.4) is 0 Å². The second-order valence-electron chi connectivity index (χ2n) is 5.45. The average molecular weight is 275 g/mol. The fourth-order valence-corrected chi connectivity index (χ4v) is 2.99. The van der Waals surface area contributed by atoms with Crippen molar-refractivity contribution in [2.75, 3.05) is 38.7 Å². The standard InChI is InChI=1S/C12H25N3O2S/c1-10-7-11(2)9-15(8-10)12(13-3)14-5-6-18(4,16)17/h10-11H,5-9H2,1-4H3,(H,13,14). The van der Waals surface area contributed by atoms with E-state index in [1.807, 2.05) is 0 Å². The van der Waals surface area contributed by atoms with Crippen LogP contribution in [0.25, 0.3) is 0 Å². The highest BCUT2D eigenvalue weighted by Crippen LogP contribution is 2.20. The molecule has 0 aromatic heterocycles. The molecule has 106 valence electrons. The van der Waals surface area contributed by atoms with Crippen molar-refractivity contribution < 1.29 is 8.42 Å². The summed E-state index contributed by atoms with van der Waals surface area (Å²) in [5, 5.41) is 3.13. The first-order chi connectivity index (χ1) is 8.31. The van der Waals surface area contributed by atoms with Crippen molar-refractivity contribution in [1.82, 2.24) is 10.2 Å². The van der Waals surface area contributed by atoms with Crippen LogP contribution in [-0.4, -0.2) is 58.0 Å². The van der Waals surface area contributed by atoms with Gasteiger partial charge in [-0.25, -0.2) is 8.42 Å². The van der Waals surface area contributed by atoms with E-state index in [0.29, 0.717) is 18.4 Å². The monoisotopic (exact) mass is 275 g/mol. The van der Waals surface area contributed by atoms with Crippen molar-refractivity contribution in [3.8, 4) is 0 Å². The molecule has 5 nitrogen and oxygen atoms in total. The van der Waals surface area contributed by atoms with Gasteiger partial charge in [-0.2, -0.15) is 0 Å². The third-order valence-electron chi connectivity index (χ3n) is 3.14. The lowest BCUT2D eigenvalue weighted by Gasteiger charge is -2.37. The molecule has 2 atom stereocenters. The quantitative estimate of drug-likeness (QED) is 0.605. The molecule has 6 heteroatoms. The Morgan fingerprint density at radius 3 is 2.33 bits per heavy atom. The van der Waals surface area contributed by atoms with Crippen LogP contribution in [0.2, 0.25) is 0 Å². The Labute approximate surface area is 111 Å². The third-order valence-corrected chi connectivity index (χ3v) is 4.08. The summed E-state index contributed by atoms with van der Waals surface area (Å²) in [7, 11) is -1.17. The fourth-order valence-electron chi connectivity index (χ4n) is 2.52. The second kappa shape index (κ2) is 6.41. The van der Waals surface area contributed by atoms with Crippen LogP contribution in [0.1, 0.15) is 20.3 Å².